The summed E-state index contributed by atoms with van der Waals surface area (Å²) < 4.78 is 11.4. The third-order valence-electron chi connectivity index (χ3n) is 6.09. The lowest BCUT2D eigenvalue weighted by Crippen LogP contribution is -2.38. The molecule has 5 heteroatoms. The van der Waals surface area contributed by atoms with E-state index in [2.05, 4.69) is 24.0 Å². The van der Waals surface area contributed by atoms with Crippen LogP contribution in [-0.2, 0) is 10.3 Å². The van der Waals surface area contributed by atoms with Crippen LogP contribution in [0.5, 0.6) is 5.75 Å². The van der Waals surface area contributed by atoms with Crippen molar-refractivity contribution in [2.24, 2.45) is 0 Å². The number of hydrogen-bond acceptors (Lipinski definition) is 5. The second-order valence-corrected chi connectivity index (χ2v) is 8.89. The first-order valence-corrected chi connectivity index (χ1v) is 11.9. The average Bonchev–Trinajstić information content (AvgIpc) is 3.37. The highest BCUT2D eigenvalue weighted by molar-refractivity contribution is 7.10. The van der Waals surface area contributed by atoms with Crippen LogP contribution in [0, 0.1) is 0 Å². The second-order valence-electron chi connectivity index (χ2n) is 7.94. The van der Waals surface area contributed by atoms with Gasteiger partial charge in [-0.15, -0.1) is 11.3 Å². The van der Waals surface area contributed by atoms with Gasteiger partial charge < -0.3 is 14.6 Å². The molecule has 0 unspecified atom stereocenters. The van der Waals surface area contributed by atoms with Gasteiger partial charge in [0.2, 0.25) is 0 Å². The molecule has 0 amide bonds. The van der Waals surface area contributed by atoms with Crippen LogP contribution in [0.4, 0.5) is 0 Å². The number of ether oxygens (including phenoxy) is 2. The Labute approximate surface area is 189 Å². The zero-order valence-corrected chi connectivity index (χ0v) is 18.9. The van der Waals surface area contributed by atoms with Crippen molar-refractivity contribution in [3.63, 3.8) is 0 Å². The molecule has 164 valence electrons. The number of thiophene rings is 1. The maximum absolute atomic E-state index is 12.1. The largest absolute Gasteiger partial charge is 0.492 e. The molecule has 2 heterocycles. The van der Waals surface area contributed by atoms with E-state index in [4.69, 9.17) is 9.47 Å². The van der Waals surface area contributed by atoms with E-state index in [1.807, 2.05) is 60.0 Å². The van der Waals surface area contributed by atoms with Crippen molar-refractivity contribution in [2.75, 3.05) is 39.5 Å². The highest BCUT2D eigenvalue weighted by Gasteiger charge is 2.41. The minimum absolute atomic E-state index is 0.0413. The molecule has 0 spiro atoms. The molecule has 1 aromatic heterocycles. The number of morpholine rings is 1. The number of aliphatic hydroxyl groups is 1. The van der Waals surface area contributed by atoms with Gasteiger partial charge >= 0.3 is 0 Å². The molecule has 0 saturated carbocycles. The quantitative estimate of drug-likeness (QED) is 0.518. The molecule has 1 saturated heterocycles. The maximum atomic E-state index is 12.1. The van der Waals surface area contributed by atoms with Gasteiger partial charge in [-0.2, -0.15) is 0 Å². The Morgan fingerprint density at radius 1 is 1.03 bits per heavy atom. The van der Waals surface area contributed by atoms with E-state index < -0.39 is 5.60 Å². The van der Waals surface area contributed by atoms with Gasteiger partial charge in [0.05, 0.1) is 13.2 Å². The van der Waals surface area contributed by atoms with Crippen molar-refractivity contribution in [1.29, 1.82) is 0 Å². The van der Waals surface area contributed by atoms with Gasteiger partial charge in [0.1, 0.15) is 18.0 Å². The Morgan fingerprint density at radius 3 is 2.42 bits per heavy atom. The molecule has 0 radical (unpaired) electrons. The molecule has 4 nitrogen and oxygen atoms in total. The van der Waals surface area contributed by atoms with E-state index in [-0.39, 0.29) is 5.92 Å². The van der Waals surface area contributed by atoms with Crippen LogP contribution >= 0.6 is 11.3 Å². The van der Waals surface area contributed by atoms with Crippen LogP contribution in [0.3, 0.4) is 0 Å². The lowest BCUT2D eigenvalue weighted by atomic mass is 9.75. The second kappa shape index (κ2) is 10.4. The van der Waals surface area contributed by atoms with Gasteiger partial charge in [0.15, 0.2) is 0 Å². The Balaban J connectivity index is 1.53. The van der Waals surface area contributed by atoms with Gasteiger partial charge in [-0.1, -0.05) is 55.5 Å². The van der Waals surface area contributed by atoms with Crippen LogP contribution in [0.25, 0.3) is 0 Å². The lowest BCUT2D eigenvalue weighted by molar-refractivity contribution is 0.0322. The Bertz CT molecular complexity index is 908. The van der Waals surface area contributed by atoms with Crippen LogP contribution in [-0.4, -0.2) is 49.5 Å². The van der Waals surface area contributed by atoms with Crippen molar-refractivity contribution in [1.82, 2.24) is 4.90 Å². The topological polar surface area (TPSA) is 41.9 Å². The van der Waals surface area contributed by atoms with Crippen LogP contribution < -0.4 is 4.74 Å². The highest BCUT2D eigenvalue weighted by Crippen LogP contribution is 2.46. The van der Waals surface area contributed by atoms with E-state index in [1.54, 1.807) is 11.3 Å². The minimum atomic E-state index is -1.09. The monoisotopic (exact) mass is 437 g/mol. The van der Waals surface area contributed by atoms with Gasteiger partial charge in [0.25, 0.3) is 0 Å². The molecule has 2 aromatic carbocycles. The molecule has 1 aliphatic heterocycles. The fraction of sp³-hybridized carbons (Fsp3) is 0.385. The van der Waals surface area contributed by atoms with Gasteiger partial charge in [-0.05, 0) is 41.1 Å². The summed E-state index contributed by atoms with van der Waals surface area (Å²) in [4.78, 5) is 3.32. The molecular weight excluding hydrogens is 406 g/mol. The van der Waals surface area contributed by atoms with Crippen molar-refractivity contribution < 1.29 is 14.6 Å². The first-order chi connectivity index (χ1) is 15.2. The number of nitrogens with zero attached hydrogens (tertiary/aromatic N) is 1. The Kier molecular flexibility index (Phi) is 7.41. The summed E-state index contributed by atoms with van der Waals surface area (Å²) in [5, 5.41) is 14.2. The summed E-state index contributed by atoms with van der Waals surface area (Å²) in [5.41, 5.74) is 0.953. The summed E-state index contributed by atoms with van der Waals surface area (Å²) >= 11 is 1.60. The summed E-state index contributed by atoms with van der Waals surface area (Å²) in [7, 11) is 0. The lowest BCUT2D eigenvalue weighted by Gasteiger charge is -2.36. The molecule has 1 fully saturated rings. The summed E-state index contributed by atoms with van der Waals surface area (Å²) in [6.07, 6.45) is 0.830. The zero-order chi connectivity index (χ0) is 21.5. The molecule has 4 rings (SSSR count). The molecular formula is C26H31NO3S. The van der Waals surface area contributed by atoms with Crippen LogP contribution in [0.15, 0.2) is 72.1 Å². The standard InChI is InChI=1S/C26H31NO3S/c1-2-24(21-7-4-3-5-8-21)26(28,25-9-6-20-31-25)22-10-12-23(13-11-22)30-19-16-27-14-17-29-18-15-27/h3-13,20,24,28H,2,14-19H2,1H3/t24-,26+/m0/s1. The smallest absolute Gasteiger partial charge is 0.130 e. The third kappa shape index (κ3) is 5.01. The van der Waals surface area contributed by atoms with E-state index >= 15 is 0 Å². The first kappa shape index (κ1) is 22.0. The molecule has 1 N–H and O–H groups in total. The van der Waals surface area contributed by atoms with Gasteiger partial charge in [-0.25, -0.2) is 0 Å². The SMILES string of the molecule is CC[C@@H](c1ccccc1)[C@](O)(c1ccc(OCCN2CCOCC2)cc1)c1cccs1. The fourth-order valence-corrected chi connectivity index (χ4v) is 5.29. The maximum Gasteiger partial charge on any atom is 0.130 e. The van der Waals surface area contributed by atoms with E-state index in [0.717, 1.165) is 61.0 Å². The fourth-order valence-electron chi connectivity index (χ4n) is 4.39. The van der Waals surface area contributed by atoms with Crippen molar-refractivity contribution >= 4 is 11.3 Å². The van der Waals surface area contributed by atoms with Gasteiger partial charge in [-0.3, -0.25) is 4.90 Å². The van der Waals surface area contributed by atoms with E-state index in [1.165, 1.54) is 0 Å². The number of hydrogen-bond donors (Lipinski definition) is 1. The Hall–Kier alpha value is -2.18. The molecule has 0 aliphatic carbocycles. The van der Waals surface area contributed by atoms with Crippen molar-refractivity contribution in [3.8, 4) is 5.75 Å². The number of rotatable bonds is 9. The van der Waals surface area contributed by atoms with Crippen molar-refractivity contribution in [2.45, 2.75) is 24.9 Å². The summed E-state index contributed by atoms with van der Waals surface area (Å²) in [6.45, 7) is 7.22. The normalized spacial score (nSPS) is 17.7. The van der Waals surface area contributed by atoms with Gasteiger partial charge in [0, 0.05) is 30.4 Å². The summed E-state index contributed by atoms with van der Waals surface area (Å²) in [6, 6.07) is 22.3. The minimum Gasteiger partial charge on any atom is -0.492 e. The first-order valence-electron chi connectivity index (χ1n) is 11.1. The predicted octanol–water partition coefficient (Wildman–Crippen LogP) is 4.89. The molecule has 0 bridgehead atoms. The predicted molar refractivity (Wildman–Crippen MR) is 126 cm³/mol. The molecule has 3 aromatic rings. The summed E-state index contributed by atoms with van der Waals surface area (Å²) in [5.74, 6) is 0.790. The average molecular weight is 438 g/mol. The van der Waals surface area contributed by atoms with E-state index in [0.29, 0.717) is 6.61 Å². The molecule has 1 aliphatic rings. The molecule has 2 atom stereocenters. The highest BCUT2D eigenvalue weighted by atomic mass is 32.1. The van der Waals surface area contributed by atoms with E-state index in [9.17, 15) is 5.11 Å². The number of benzene rings is 2. The third-order valence-corrected chi connectivity index (χ3v) is 7.08. The van der Waals surface area contributed by atoms with Crippen LogP contribution in [0.2, 0.25) is 0 Å². The Morgan fingerprint density at radius 2 is 1.77 bits per heavy atom. The molecule has 31 heavy (non-hydrogen) atoms. The van der Waals surface area contributed by atoms with Crippen molar-refractivity contribution in [3.05, 3.63) is 88.1 Å². The van der Waals surface area contributed by atoms with Crippen LogP contribution in [0.1, 0.15) is 35.3 Å². The zero-order valence-electron chi connectivity index (χ0n) is 18.1.